The SMILES string of the molecule is COC(=O)c1cc(=O)n2c(c1C#N)SCC2. The van der Waals surface area contributed by atoms with Crippen LogP contribution in [0.4, 0.5) is 0 Å². The number of fused-ring (bicyclic) bond motifs is 1. The van der Waals surface area contributed by atoms with E-state index in [-0.39, 0.29) is 16.7 Å². The molecule has 0 aromatic carbocycles. The minimum atomic E-state index is -0.649. The van der Waals surface area contributed by atoms with Crippen molar-refractivity contribution in [1.82, 2.24) is 4.57 Å². The van der Waals surface area contributed by atoms with Gasteiger partial charge in [-0.3, -0.25) is 4.79 Å². The summed E-state index contributed by atoms with van der Waals surface area (Å²) in [6, 6.07) is 3.12. The third kappa shape index (κ3) is 1.49. The van der Waals surface area contributed by atoms with Gasteiger partial charge in [0.25, 0.3) is 5.56 Å². The zero-order chi connectivity index (χ0) is 11.7. The van der Waals surface area contributed by atoms with Crippen molar-refractivity contribution >= 4 is 17.7 Å². The number of hydrogen-bond donors (Lipinski definition) is 0. The minimum Gasteiger partial charge on any atom is -0.465 e. The molecular formula is C10H8N2O3S. The highest BCUT2D eigenvalue weighted by Crippen LogP contribution is 2.28. The standard InChI is InChI=1S/C10H8N2O3S/c1-15-10(14)6-4-8(13)12-2-3-16-9(12)7(6)5-11/h4H,2-3H2,1H3. The molecule has 0 aliphatic carbocycles. The normalized spacial score (nSPS) is 13.0. The van der Waals surface area contributed by atoms with Crippen LogP contribution in [0.5, 0.6) is 0 Å². The van der Waals surface area contributed by atoms with E-state index in [9.17, 15) is 9.59 Å². The molecule has 6 heteroatoms. The van der Waals surface area contributed by atoms with E-state index in [1.807, 2.05) is 6.07 Å². The largest absolute Gasteiger partial charge is 0.465 e. The summed E-state index contributed by atoms with van der Waals surface area (Å²) in [4.78, 5) is 23.1. The topological polar surface area (TPSA) is 72.1 Å². The number of hydrogen-bond acceptors (Lipinski definition) is 5. The molecule has 16 heavy (non-hydrogen) atoms. The Bertz CT molecular complexity index is 556. The molecule has 5 nitrogen and oxygen atoms in total. The highest BCUT2D eigenvalue weighted by Gasteiger charge is 2.23. The van der Waals surface area contributed by atoms with Crippen molar-refractivity contribution in [2.45, 2.75) is 11.6 Å². The lowest BCUT2D eigenvalue weighted by Crippen LogP contribution is -2.22. The molecule has 0 fully saturated rings. The Balaban J connectivity index is 2.74. The van der Waals surface area contributed by atoms with Gasteiger partial charge < -0.3 is 9.30 Å². The van der Waals surface area contributed by atoms with E-state index in [1.54, 1.807) is 0 Å². The fourth-order valence-corrected chi connectivity index (χ4v) is 2.70. The average molecular weight is 236 g/mol. The Morgan fingerprint density at radius 2 is 2.44 bits per heavy atom. The fourth-order valence-electron chi connectivity index (χ4n) is 1.60. The van der Waals surface area contributed by atoms with Crippen molar-refractivity contribution in [2.75, 3.05) is 12.9 Å². The first kappa shape index (κ1) is 10.8. The first-order valence-electron chi connectivity index (χ1n) is 4.58. The van der Waals surface area contributed by atoms with Crippen molar-refractivity contribution in [3.05, 3.63) is 27.5 Å². The van der Waals surface area contributed by atoms with E-state index >= 15 is 0 Å². The van der Waals surface area contributed by atoms with Crippen molar-refractivity contribution < 1.29 is 9.53 Å². The lowest BCUT2D eigenvalue weighted by atomic mass is 10.1. The number of nitrogens with zero attached hydrogens (tertiary/aromatic N) is 2. The van der Waals surface area contributed by atoms with Gasteiger partial charge in [0.2, 0.25) is 0 Å². The van der Waals surface area contributed by atoms with E-state index in [1.165, 1.54) is 29.5 Å². The molecular weight excluding hydrogens is 228 g/mol. The van der Waals surface area contributed by atoms with E-state index in [2.05, 4.69) is 4.74 Å². The van der Waals surface area contributed by atoms with Gasteiger partial charge in [0.05, 0.1) is 23.3 Å². The maximum Gasteiger partial charge on any atom is 0.339 e. The molecule has 0 saturated heterocycles. The summed E-state index contributed by atoms with van der Waals surface area (Å²) in [5.74, 6) is 0.0960. The Morgan fingerprint density at radius 3 is 3.06 bits per heavy atom. The van der Waals surface area contributed by atoms with Crippen molar-refractivity contribution in [2.24, 2.45) is 0 Å². The van der Waals surface area contributed by atoms with Crippen LogP contribution in [-0.2, 0) is 11.3 Å². The second-order valence-corrected chi connectivity index (χ2v) is 4.26. The van der Waals surface area contributed by atoms with Crippen LogP contribution in [0.2, 0.25) is 0 Å². The van der Waals surface area contributed by atoms with E-state index in [0.29, 0.717) is 11.6 Å². The number of carbonyl (C=O) groups excluding carboxylic acids is 1. The van der Waals surface area contributed by atoms with Gasteiger partial charge in [-0.25, -0.2) is 4.79 Å². The monoisotopic (exact) mass is 236 g/mol. The second kappa shape index (κ2) is 4.02. The zero-order valence-electron chi connectivity index (χ0n) is 8.52. The van der Waals surface area contributed by atoms with Crippen molar-refractivity contribution in [3.8, 4) is 6.07 Å². The zero-order valence-corrected chi connectivity index (χ0v) is 9.34. The smallest absolute Gasteiger partial charge is 0.339 e. The highest BCUT2D eigenvalue weighted by molar-refractivity contribution is 7.99. The van der Waals surface area contributed by atoms with Crippen LogP contribution >= 0.6 is 11.8 Å². The number of nitriles is 1. The van der Waals surface area contributed by atoms with Crippen molar-refractivity contribution in [3.63, 3.8) is 0 Å². The summed E-state index contributed by atoms with van der Waals surface area (Å²) in [6.45, 7) is 0.578. The molecule has 1 aliphatic rings. The lowest BCUT2D eigenvalue weighted by Gasteiger charge is -2.07. The van der Waals surface area contributed by atoms with Crippen LogP contribution in [-0.4, -0.2) is 23.4 Å². The first-order valence-corrected chi connectivity index (χ1v) is 5.56. The molecule has 82 valence electrons. The summed E-state index contributed by atoms with van der Waals surface area (Å²) in [7, 11) is 1.22. The molecule has 1 aromatic rings. The van der Waals surface area contributed by atoms with Gasteiger partial charge in [-0.15, -0.1) is 11.8 Å². The number of carbonyl (C=O) groups is 1. The number of esters is 1. The summed E-state index contributed by atoms with van der Waals surface area (Å²) in [6.07, 6.45) is 0. The minimum absolute atomic E-state index is 0.0515. The molecule has 0 unspecified atom stereocenters. The number of pyridine rings is 1. The molecule has 1 aromatic heterocycles. The fraction of sp³-hybridized carbons (Fsp3) is 0.300. The molecule has 0 spiro atoms. The molecule has 0 N–H and O–H groups in total. The summed E-state index contributed by atoms with van der Waals surface area (Å²) in [5, 5.41) is 9.60. The molecule has 0 radical (unpaired) electrons. The lowest BCUT2D eigenvalue weighted by molar-refractivity contribution is 0.0599. The van der Waals surface area contributed by atoms with Crippen LogP contribution in [0.1, 0.15) is 15.9 Å². The number of thioether (sulfide) groups is 1. The van der Waals surface area contributed by atoms with Crippen LogP contribution in [0.25, 0.3) is 0 Å². The molecule has 0 atom stereocenters. The van der Waals surface area contributed by atoms with E-state index in [4.69, 9.17) is 5.26 Å². The number of ether oxygens (including phenoxy) is 1. The second-order valence-electron chi connectivity index (χ2n) is 3.18. The van der Waals surface area contributed by atoms with Crippen LogP contribution in [0.3, 0.4) is 0 Å². The third-order valence-electron chi connectivity index (χ3n) is 2.33. The summed E-state index contributed by atoms with van der Waals surface area (Å²) in [5.41, 5.74) is 0.0176. The Morgan fingerprint density at radius 1 is 1.69 bits per heavy atom. The van der Waals surface area contributed by atoms with E-state index < -0.39 is 5.97 Å². The van der Waals surface area contributed by atoms with Gasteiger partial charge in [0, 0.05) is 18.4 Å². The van der Waals surface area contributed by atoms with Crippen LogP contribution in [0.15, 0.2) is 15.9 Å². The number of methoxy groups -OCH3 is 1. The van der Waals surface area contributed by atoms with Gasteiger partial charge in [0.15, 0.2) is 0 Å². The van der Waals surface area contributed by atoms with Gasteiger partial charge in [-0.05, 0) is 0 Å². The van der Waals surface area contributed by atoms with Crippen LogP contribution < -0.4 is 5.56 Å². The number of aromatic nitrogens is 1. The molecule has 0 bridgehead atoms. The number of rotatable bonds is 1. The summed E-state index contributed by atoms with van der Waals surface area (Å²) < 4.78 is 6.06. The maximum absolute atomic E-state index is 11.7. The van der Waals surface area contributed by atoms with Gasteiger partial charge >= 0.3 is 5.97 Å². The Hall–Kier alpha value is -1.74. The molecule has 0 amide bonds. The van der Waals surface area contributed by atoms with Crippen LogP contribution in [0, 0.1) is 11.3 Å². The Labute approximate surface area is 95.6 Å². The summed E-state index contributed by atoms with van der Waals surface area (Å²) >= 11 is 1.41. The van der Waals surface area contributed by atoms with E-state index in [0.717, 1.165) is 5.75 Å². The first-order chi connectivity index (χ1) is 7.69. The quantitative estimate of drug-likeness (QED) is 0.668. The molecule has 2 rings (SSSR count). The maximum atomic E-state index is 11.7. The molecule has 2 heterocycles. The Kier molecular flexibility index (Phi) is 2.71. The van der Waals surface area contributed by atoms with Gasteiger partial charge in [0.1, 0.15) is 6.07 Å². The average Bonchev–Trinajstić information content (AvgIpc) is 2.77. The molecule has 1 aliphatic heterocycles. The predicted molar refractivity (Wildman–Crippen MR) is 57.5 cm³/mol. The van der Waals surface area contributed by atoms with Crippen molar-refractivity contribution in [1.29, 1.82) is 5.26 Å². The molecule has 0 saturated carbocycles. The third-order valence-corrected chi connectivity index (χ3v) is 3.42. The van der Waals surface area contributed by atoms with Gasteiger partial charge in [-0.1, -0.05) is 0 Å². The predicted octanol–water partition coefficient (Wildman–Crippen LogP) is 0.612. The highest BCUT2D eigenvalue weighted by atomic mass is 32.2. The van der Waals surface area contributed by atoms with Gasteiger partial charge in [-0.2, -0.15) is 5.26 Å².